The monoisotopic (exact) mass is 181 g/mol. The smallest absolute Gasteiger partial charge is 0.428 e. The quantitative estimate of drug-likeness (QED) is 0.459. The molecule has 0 unspecified atom stereocenters. The molecule has 0 aromatic heterocycles. The molecule has 0 heterocycles. The molecular formula is C6H6F3NO2. The van der Waals surface area contributed by atoms with Crippen LogP contribution in [-0.4, -0.2) is 24.8 Å². The van der Waals surface area contributed by atoms with E-state index >= 15 is 0 Å². The van der Waals surface area contributed by atoms with Gasteiger partial charge in [0.25, 0.3) is 5.54 Å². The number of methoxy groups -OCH3 is 1. The normalized spacial score (nSPS) is 16.0. The number of hydrogen-bond donors (Lipinski definition) is 1. The van der Waals surface area contributed by atoms with Crippen molar-refractivity contribution >= 4 is 5.97 Å². The molecule has 3 nitrogen and oxygen atoms in total. The summed E-state index contributed by atoms with van der Waals surface area (Å²) >= 11 is 0. The minimum absolute atomic E-state index is 0.771. The van der Waals surface area contributed by atoms with Crippen LogP contribution >= 0.6 is 0 Å². The molecule has 12 heavy (non-hydrogen) atoms. The first-order valence-electron chi connectivity index (χ1n) is 2.71. The number of alkyl halides is 3. The maximum atomic E-state index is 12.0. The summed E-state index contributed by atoms with van der Waals surface area (Å²) in [6.45, 7) is 0. The first kappa shape index (κ1) is 10.8. The Hall–Kier alpha value is -1.22. The molecular weight excluding hydrogens is 175 g/mol. The second-order valence-electron chi connectivity index (χ2n) is 1.94. The van der Waals surface area contributed by atoms with E-state index in [0.717, 1.165) is 13.0 Å². The van der Waals surface area contributed by atoms with Gasteiger partial charge in [0, 0.05) is 0 Å². The molecule has 1 atom stereocenters. The Labute approximate surface area is 66.7 Å². The van der Waals surface area contributed by atoms with Crippen molar-refractivity contribution < 1.29 is 22.7 Å². The predicted molar refractivity (Wildman–Crippen MR) is 33.8 cm³/mol. The van der Waals surface area contributed by atoms with E-state index < -0.39 is 17.7 Å². The van der Waals surface area contributed by atoms with Crippen LogP contribution in [0.15, 0.2) is 0 Å². The molecule has 68 valence electrons. The molecule has 0 bridgehead atoms. The van der Waals surface area contributed by atoms with Gasteiger partial charge >= 0.3 is 12.1 Å². The minimum atomic E-state index is -5.01. The van der Waals surface area contributed by atoms with E-state index in [-0.39, 0.29) is 0 Å². The standard InChI is InChI=1S/C6H6F3NO2/c1-3-5(10,4(11)12-2)6(7,8)9/h1H,10H2,2H3/t5-/m0/s1. The summed E-state index contributed by atoms with van der Waals surface area (Å²) < 4.78 is 39.7. The lowest BCUT2D eigenvalue weighted by Crippen LogP contribution is -2.59. The summed E-state index contributed by atoms with van der Waals surface area (Å²) in [6.07, 6.45) is -0.531. The fourth-order valence-electron chi connectivity index (χ4n) is 0.417. The van der Waals surface area contributed by atoms with Crippen LogP contribution in [0.3, 0.4) is 0 Å². The van der Waals surface area contributed by atoms with Crippen LogP contribution < -0.4 is 5.73 Å². The van der Waals surface area contributed by atoms with E-state index in [4.69, 9.17) is 0 Å². The van der Waals surface area contributed by atoms with Crippen LogP contribution in [0.4, 0.5) is 13.2 Å². The third-order valence-electron chi connectivity index (χ3n) is 1.18. The van der Waals surface area contributed by atoms with Crippen LogP contribution in [0.2, 0.25) is 0 Å². The van der Waals surface area contributed by atoms with Gasteiger partial charge in [-0.15, -0.1) is 6.42 Å². The number of terminal acetylenes is 1. The van der Waals surface area contributed by atoms with E-state index in [1.807, 2.05) is 0 Å². The zero-order chi connectivity index (χ0) is 9.99. The first-order chi connectivity index (χ1) is 5.29. The zero-order valence-electron chi connectivity index (χ0n) is 6.11. The lowest BCUT2D eigenvalue weighted by molar-refractivity contribution is -0.191. The van der Waals surface area contributed by atoms with Crippen LogP contribution in [-0.2, 0) is 9.53 Å². The first-order valence-corrected chi connectivity index (χ1v) is 2.71. The highest BCUT2D eigenvalue weighted by Crippen LogP contribution is 2.28. The Balaban J connectivity index is 4.98. The molecule has 6 heteroatoms. The number of carbonyl (C=O) groups is 1. The molecule has 0 radical (unpaired) electrons. The Kier molecular flexibility index (Phi) is 2.72. The molecule has 0 aromatic rings. The Morgan fingerprint density at radius 2 is 2.00 bits per heavy atom. The second kappa shape index (κ2) is 3.03. The van der Waals surface area contributed by atoms with E-state index in [1.165, 1.54) is 0 Å². The highest BCUT2D eigenvalue weighted by atomic mass is 19.4. The third-order valence-corrected chi connectivity index (χ3v) is 1.18. The van der Waals surface area contributed by atoms with Gasteiger partial charge in [-0.25, -0.2) is 4.79 Å². The highest BCUT2D eigenvalue weighted by molar-refractivity contribution is 5.85. The van der Waals surface area contributed by atoms with E-state index in [9.17, 15) is 18.0 Å². The van der Waals surface area contributed by atoms with Crippen molar-refractivity contribution in [3.8, 4) is 12.3 Å². The number of halogens is 3. The molecule has 0 aliphatic heterocycles. The van der Waals surface area contributed by atoms with Gasteiger partial charge in [-0.3, -0.25) is 5.73 Å². The largest absolute Gasteiger partial charge is 0.467 e. The van der Waals surface area contributed by atoms with Crippen molar-refractivity contribution in [1.82, 2.24) is 0 Å². The number of hydrogen-bond acceptors (Lipinski definition) is 3. The van der Waals surface area contributed by atoms with Crippen LogP contribution in [0, 0.1) is 12.3 Å². The van der Waals surface area contributed by atoms with Gasteiger partial charge in [0.05, 0.1) is 7.11 Å². The topological polar surface area (TPSA) is 52.3 Å². The summed E-state index contributed by atoms with van der Waals surface area (Å²) in [7, 11) is 0.771. The summed E-state index contributed by atoms with van der Waals surface area (Å²) in [5.41, 5.74) is 1.25. The molecule has 0 spiro atoms. The molecule has 0 rings (SSSR count). The fourth-order valence-corrected chi connectivity index (χ4v) is 0.417. The summed E-state index contributed by atoms with van der Waals surface area (Å²) in [5.74, 6) is -0.549. The average Bonchev–Trinajstić information content (AvgIpc) is 1.99. The van der Waals surface area contributed by atoms with Crippen molar-refractivity contribution in [2.24, 2.45) is 5.73 Å². The molecule has 0 saturated heterocycles. The van der Waals surface area contributed by atoms with Crippen molar-refractivity contribution in [3.63, 3.8) is 0 Å². The Bertz CT molecular complexity index is 230. The zero-order valence-corrected chi connectivity index (χ0v) is 6.11. The summed E-state index contributed by atoms with van der Waals surface area (Å²) in [5, 5.41) is 0. The number of rotatable bonds is 1. The van der Waals surface area contributed by atoms with E-state index in [0.29, 0.717) is 0 Å². The number of nitrogens with two attached hydrogens (primary N) is 1. The lowest BCUT2D eigenvalue weighted by atomic mass is 10.0. The summed E-state index contributed by atoms with van der Waals surface area (Å²) in [6, 6.07) is 0. The molecule has 0 fully saturated rings. The lowest BCUT2D eigenvalue weighted by Gasteiger charge is -2.22. The van der Waals surface area contributed by atoms with Crippen molar-refractivity contribution in [1.29, 1.82) is 0 Å². The predicted octanol–water partition coefficient (Wildman–Crippen LogP) is 0.0524. The molecule has 0 aromatic carbocycles. The SMILES string of the molecule is C#C[C@](N)(C(=O)OC)C(F)(F)F. The number of esters is 1. The van der Waals surface area contributed by atoms with Crippen molar-refractivity contribution in [2.45, 2.75) is 11.7 Å². The third kappa shape index (κ3) is 1.51. The van der Waals surface area contributed by atoms with E-state index in [1.54, 1.807) is 0 Å². The molecule has 0 aliphatic carbocycles. The molecule has 0 saturated carbocycles. The van der Waals surface area contributed by atoms with Crippen LogP contribution in [0.1, 0.15) is 0 Å². The summed E-state index contributed by atoms with van der Waals surface area (Å²) in [4.78, 5) is 10.5. The van der Waals surface area contributed by atoms with Gasteiger partial charge in [-0.2, -0.15) is 13.2 Å². The van der Waals surface area contributed by atoms with Gasteiger partial charge in [-0.05, 0) is 0 Å². The van der Waals surface area contributed by atoms with Crippen LogP contribution in [0.5, 0.6) is 0 Å². The maximum absolute atomic E-state index is 12.0. The van der Waals surface area contributed by atoms with Gasteiger partial charge in [0.15, 0.2) is 0 Å². The van der Waals surface area contributed by atoms with Gasteiger partial charge in [0.2, 0.25) is 0 Å². The van der Waals surface area contributed by atoms with Gasteiger partial charge in [-0.1, -0.05) is 5.92 Å². The Morgan fingerprint density at radius 1 is 1.58 bits per heavy atom. The maximum Gasteiger partial charge on any atom is 0.428 e. The molecule has 0 amide bonds. The minimum Gasteiger partial charge on any atom is -0.467 e. The number of carbonyl (C=O) groups excluding carboxylic acids is 1. The molecule has 0 aliphatic rings. The molecule has 2 N–H and O–H groups in total. The Morgan fingerprint density at radius 3 is 2.08 bits per heavy atom. The van der Waals surface area contributed by atoms with Gasteiger partial charge < -0.3 is 4.74 Å². The fraction of sp³-hybridized carbons (Fsp3) is 0.500. The van der Waals surface area contributed by atoms with Crippen LogP contribution in [0.25, 0.3) is 0 Å². The van der Waals surface area contributed by atoms with Crippen molar-refractivity contribution in [3.05, 3.63) is 0 Å². The van der Waals surface area contributed by atoms with Gasteiger partial charge in [0.1, 0.15) is 0 Å². The number of ether oxygens (including phenoxy) is 1. The van der Waals surface area contributed by atoms with E-state index in [2.05, 4.69) is 16.9 Å². The second-order valence-corrected chi connectivity index (χ2v) is 1.94. The highest BCUT2D eigenvalue weighted by Gasteiger charge is 2.58. The average molecular weight is 181 g/mol. The van der Waals surface area contributed by atoms with Crippen molar-refractivity contribution in [2.75, 3.05) is 7.11 Å².